The van der Waals surface area contributed by atoms with Gasteiger partial charge in [0.05, 0.1) is 29.1 Å². The predicted molar refractivity (Wildman–Crippen MR) is 138 cm³/mol. The molecule has 1 saturated heterocycles. The maximum absolute atomic E-state index is 13.3. The molecule has 2 unspecified atom stereocenters. The van der Waals surface area contributed by atoms with Crippen molar-refractivity contribution in [3.8, 4) is 17.6 Å². The van der Waals surface area contributed by atoms with Gasteiger partial charge in [0.2, 0.25) is 0 Å². The molecule has 0 bridgehead atoms. The second-order valence-corrected chi connectivity index (χ2v) is 10.3. The number of ketones is 1. The number of likely N-dealkylation sites (tertiary alicyclic amines) is 1. The fraction of sp³-hybridized carbons (Fsp3) is 0.370. The first-order valence-electron chi connectivity index (χ1n) is 11.7. The summed E-state index contributed by atoms with van der Waals surface area (Å²) >= 11 is 7.39. The molecular weight excluding hydrogens is 503 g/mol. The summed E-state index contributed by atoms with van der Waals surface area (Å²) < 4.78 is 18.4. The third-order valence-corrected chi connectivity index (χ3v) is 7.63. The van der Waals surface area contributed by atoms with Crippen LogP contribution in [0.5, 0.6) is 5.75 Å². The number of benzene rings is 1. The summed E-state index contributed by atoms with van der Waals surface area (Å²) in [6.07, 6.45) is 3.14. The summed E-state index contributed by atoms with van der Waals surface area (Å²) in [6.45, 7) is 1.84. The van der Waals surface area contributed by atoms with Gasteiger partial charge < -0.3 is 9.84 Å². The molecule has 3 heterocycles. The molecule has 0 spiro atoms. The zero-order valence-corrected chi connectivity index (χ0v) is 21.4. The van der Waals surface area contributed by atoms with E-state index in [1.54, 1.807) is 31.4 Å². The first kappa shape index (κ1) is 26.1. The highest BCUT2D eigenvalue weighted by atomic mass is 35.5. The number of piperidine rings is 1. The maximum atomic E-state index is 13.3. The second kappa shape index (κ2) is 11.8. The van der Waals surface area contributed by atoms with Crippen molar-refractivity contribution in [1.82, 2.24) is 9.88 Å². The van der Waals surface area contributed by atoms with Gasteiger partial charge in [0.25, 0.3) is 0 Å². The Bertz CT molecular complexity index is 1330. The maximum Gasteiger partial charge on any atom is 0.303 e. The molecule has 9 heteroatoms. The summed E-state index contributed by atoms with van der Waals surface area (Å²) in [5, 5.41) is 10.1. The summed E-state index contributed by atoms with van der Waals surface area (Å²) in [7, 11) is 1.56. The Morgan fingerprint density at radius 2 is 2.14 bits per heavy atom. The Morgan fingerprint density at radius 3 is 2.86 bits per heavy atom. The van der Waals surface area contributed by atoms with Gasteiger partial charge in [-0.3, -0.25) is 19.5 Å². The van der Waals surface area contributed by atoms with Crippen LogP contribution >= 0.6 is 22.9 Å². The van der Waals surface area contributed by atoms with Gasteiger partial charge >= 0.3 is 5.97 Å². The largest absolute Gasteiger partial charge is 0.497 e. The van der Waals surface area contributed by atoms with Crippen LogP contribution in [0.4, 0.5) is 4.39 Å². The molecule has 4 rings (SSSR count). The van der Waals surface area contributed by atoms with E-state index in [1.165, 1.54) is 12.3 Å². The summed E-state index contributed by atoms with van der Waals surface area (Å²) in [6, 6.07) is 8.38. The van der Waals surface area contributed by atoms with E-state index in [4.69, 9.17) is 16.3 Å². The average Bonchev–Trinajstić information content (AvgIpc) is 3.27. The van der Waals surface area contributed by atoms with Gasteiger partial charge in [0, 0.05) is 36.5 Å². The minimum Gasteiger partial charge on any atom is -0.497 e. The number of hydrogen-bond donors (Lipinski definition) is 1. The number of carbonyl (C=O) groups excluding carboxylic acids is 1. The highest BCUT2D eigenvalue weighted by molar-refractivity contribution is 7.10. The molecule has 6 nitrogen and oxygen atoms in total. The van der Waals surface area contributed by atoms with Crippen molar-refractivity contribution in [2.45, 2.75) is 25.7 Å². The molecule has 1 aliphatic rings. The van der Waals surface area contributed by atoms with Crippen LogP contribution in [0, 0.1) is 28.8 Å². The third kappa shape index (κ3) is 6.41. The number of nitrogens with zero attached hydrogens (tertiary/aromatic N) is 2. The van der Waals surface area contributed by atoms with Crippen LogP contribution in [0.2, 0.25) is 5.02 Å². The number of methoxy groups -OCH3 is 1. The Balaban J connectivity index is 1.42. The van der Waals surface area contributed by atoms with Crippen LogP contribution in [0.1, 0.15) is 40.9 Å². The van der Waals surface area contributed by atoms with Gasteiger partial charge in [-0.2, -0.15) is 4.39 Å². The molecular formula is C27H26ClFN2O4S. The van der Waals surface area contributed by atoms with Crippen LogP contribution in [0.3, 0.4) is 0 Å². The molecule has 188 valence electrons. The van der Waals surface area contributed by atoms with E-state index in [1.807, 2.05) is 0 Å². The zero-order valence-electron chi connectivity index (χ0n) is 19.8. The van der Waals surface area contributed by atoms with Crippen molar-refractivity contribution in [3.05, 3.63) is 57.1 Å². The molecule has 1 N–H and O–H groups in total. The van der Waals surface area contributed by atoms with Gasteiger partial charge in [0.15, 0.2) is 10.9 Å². The number of aromatic nitrogens is 1. The van der Waals surface area contributed by atoms with E-state index in [9.17, 15) is 19.1 Å². The highest BCUT2D eigenvalue weighted by Gasteiger charge is 2.31. The SMILES string of the molecule is COc1ccc2ncc(Cl)c(C(=O)CCC3CCN(CC#Cc4ccc(F)s4)CC3CC(=O)O)c2c1. The van der Waals surface area contributed by atoms with E-state index in [-0.39, 0.29) is 35.6 Å². The van der Waals surface area contributed by atoms with Crippen LogP contribution < -0.4 is 4.74 Å². The van der Waals surface area contributed by atoms with Gasteiger partial charge in [0.1, 0.15) is 5.75 Å². The van der Waals surface area contributed by atoms with Crippen molar-refractivity contribution in [2.24, 2.45) is 11.8 Å². The van der Waals surface area contributed by atoms with Gasteiger partial charge in [-0.15, -0.1) is 0 Å². The van der Waals surface area contributed by atoms with Crippen molar-refractivity contribution in [3.63, 3.8) is 0 Å². The van der Waals surface area contributed by atoms with Crippen molar-refractivity contribution in [1.29, 1.82) is 0 Å². The smallest absolute Gasteiger partial charge is 0.303 e. The predicted octanol–water partition coefficient (Wildman–Crippen LogP) is 5.52. The number of halogens is 2. The standard InChI is InChI=1S/C27H26ClFN2O4S/c1-35-19-5-7-23-21(14-19)27(22(28)15-30-23)24(32)8-4-17-10-12-31(16-18(17)13-26(33)34)11-2-3-20-6-9-25(29)36-20/h5-7,9,14-15,17-18H,4,8,10-13,16H2,1H3,(H,33,34). The highest BCUT2D eigenvalue weighted by Crippen LogP contribution is 2.33. The van der Waals surface area contributed by atoms with Crippen molar-refractivity contribution >= 4 is 45.6 Å². The van der Waals surface area contributed by atoms with Crippen molar-refractivity contribution in [2.75, 3.05) is 26.7 Å². The van der Waals surface area contributed by atoms with Crippen LogP contribution in [-0.4, -0.2) is 53.5 Å². The third-order valence-electron chi connectivity index (χ3n) is 6.55. The fourth-order valence-corrected chi connectivity index (χ4v) is 5.62. The van der Waals surface area contributed by atoms with E-state index in [0.29, 0.717) is 51.6 Å². The van der Waals surface area contributed by atoms with E-state index < -0.39 is 5.97 Å². The van der Waals surface area contributed by atoms with E-state index in [2.05, 4.69) is 21.7 Å². The Kier molecular flexibility index (Phi) is 8.57. The number of fused-ring (bicyclic) bond motifs is 1. The summed E-state index contributed by atoms with van der Waals surface area (Å²) in [4.78, 5) is 31.9. The number of carbonyl (C=O) groups is 2. The monoisotopic (exact) mass is 528 g/mol. The lowest BCUT2D eigenvalue weighted by Gasteiger charge is -2.37. The Morgan fingerprint density at radius 1 is 1.31 bits per heavy atom. The van der Waals surface area contributed by atoms with Crippen LogP contribution in [-0.2, 0) is 4.79 Å². The number of Topliss-reactive ketones (excluding diaryl/α,β-unsaturated/α-hetero) is 1. The first-order chi connectivity index (χ1) is 17.3. The fourth-order valence-electron chi connectivity index (χ4n) is 4.75. The number of rotatable bonds is 8. The summed E-state index contributed by atoms with van der Waals surface area (Å²) in [5.41, 5.74) is 1.08. The van der Waals surface area contributed by atoms with E-state index in [0.717, 1.165) is 24.3 Å². The second-order valence-electron chi connectivity index (χ2n) is 8.87. The number of thiophene rings is 1. The molecule has 1 fully saturated rings. The number of hydrogen-bond acceptors (Lipinski definition) is 6. The lowest BCUT2D eigenvalue weighted by molar-refractivity contribution is -0.139. The van der Waals surface area contributed by atoms with Crippen LogP contribution in [0.15, 0.2) is 36.5 Å². The van der Waals surface area contributed by atoms with E-state index >= 15 is 0 Å². The molecule has 2 aromatic heterocycles. The molecule has 0 radical (unpaired) electrons. The quantitative estimate of drug-likeness (QED) is 0.306. The van der Waals surface area contributed by atoms with Gasteiger partial charge in [-0.1, -0.05) is 34.8 Å². The average molecular weight is 529 g/mol. The number of pyridine rings is 1. The number of ether oxygens (including phenoxy) is 1. The lowest BCUT2D eigenvalue weighted by Crippen LogP contribution is -2.41. The topological polar surface area (TPSA) is 79.7 Å². The number of aliphatic carboxylic acids is 1. The number of carboxylic acid groups (broad SMARTS) is 1. The molecule has 1 aliphatic heterocycles. The van der Waals surface area contributed by atoms with Gasteiger partial charge in [-0.05, 0) is 61.6 Å². The molecule has 0 saturated carbocycles. The first-order valence-corrected chi connectivity index (χ1v) is 12.9. The minimum absolute atomic E-state index is 0.0368. The molecule has 36 heavy (non-hydrogen) atoms. The molecule has 0 amide bonds. The summed E-state index contributed by atoms with van der Waals surface area (Å²) in [5.74, 6) is 5.71. The van der Waals surface area contributed by atoms with Crippen LogP contribution in [0.25, 0.3) is 10.9 Å². The van der Waals surface area contributed by atoms with Gasteiger partial charge in [-0.25, -0.2) is 0 Å². The number of carboxylic acids is 1. The zero-order chi connectivity index (χ0) is 25.7. The Labute approximate surface area is 218 Å². The molecule has 2 atom stereocenters. The molecule has 0 aliphatic carbocycles. The molecule has 3 aromatic rings. The van der Waals surface area contributed by atoms with Crippen molar-refractivity contribution < 1.29 is 23.8 Å². The lowest BCUT2D eigenvalue weighted by atomic mass is 9.79. The minimum atomic E-state index is -0.853. The Hall–Kier alpha value is -2.99. The molecule has 1 aromatic carbocycles. The normalized spacial score (nSPS) is 18.0.